The molecule has 1 heterocycles. The Hall–Kier alpha value is -3.48. The minimum atomic E-state index is -1.03. The molecule has 2 aromatic carbocycles. The zero-order valence-electron chi connectivity index (χ0n) is 15.0. The second-order valence-corrected chi connectivity index (χ2v) is 6.03. The lowest BCUT2D eigenvalue weighted by Gasteiger charge is -2.14. The number of aromatic nitrogens is 2. The van der Waals surface area contributed by atoms with E-state index in [1.807, 2.05) is 19.1 Å². The van der Waals surface area contributed by atoms with Crippen LogP contribution < -0.4 is 10.9 Å². The largest absolute Gasteiger partial charge is 0.448 e. The van der Waals surface area contributed by atoms with Crippen LogP contribution in [0.4, 0.5) is 5.69 Å². The topological polar surface area (TPSA) is 101 Å². The van der Waals surface area contributed by atoms with Gasteiger partial charge in [0.15, 0.2) is 11.8 Å². The molecule has 3 aromatic rings. The number of H-pyrrole nitrogens is 1. The number of hydrogen-bond acceptors (Lipinski definition) is 5. The van der Waals surface area contributed by atoms with Gasteiger partial charge in [-0.25, -0.2) is 9.89 Å². The fourth-order valence-corrected chi connectivity index (χ4v) is 2.61. The number of carbonyl (C=O) groups is 2. The maximum absolute atomic E-state index is 12.4. The van der Waals surface area contributed by atoms with Crippen molar-refractivity contribution in [1.29, 1.82) is 0 Å². The zero-order chi connectivity index (χ0) is 19.4. The molecular formula is C20H19N3O4. The van der Waals surface area contributed by atoms with Crippen LogP contribution in [0.1, 0.15) is 29.9 Å². The van der Waals surface area contributed by atoms with Gasteiger partial charge < -0.3 is 10.1 Å². The summed E-state index contributed by atoms with van der Waals surface area (Å²) in [6.45, 7) is 3.52. The minimum Gasteiger partial charge on any atom is -0.448 e. The van der Waals surface area contributed by atoms with Crippen molar-refractivity contribution in [2.75, 3.05) is 5.32 Å². The van der Waals surface area contributed by atoms with Gasteiger partial charge in [-0.3, -0.25) is 9.59 Å². The van der Waals surface area contributed by atoms with Crippen LogP contribution in [0, 0.1) is 0 Å². The Morgan fingerprint density at radius 2 is 1.78 bits per heavy atom. The van der Waals surface area contributed by atoms with E-state index in [4.69, 9.17) is 4.74 Å². The van der Waals surface area contributed by atoms with Crippen molar-refractivity contribution in [3.05, 3.63) is 70.1 Å². The smallest absolute Gasteiger partial charge is 0.360 e. The van der Waals surface area contributed by atoms with Crippen LogP contribution in [0.25, 0.3) is 10.8 Å². The molecule has 0 saturated heterocycles. The molecule has 138 valence electrons. The monoisotopic (exact) mass is 365 g/mol. The zero-order valence-corrected chi connectivity index (χ0v) is 15.0. The number of aryl methyl sites for hydroxylation is 1. The molecule has 2 N–H and O–H groups in total. The summed E-state index contributed by atoms with van der Waals surface area (Å²) >= 11 is 0. The summed E-state index contributed by atoms with van der Waals surface area (Å²) in [4.78, 5) is 36.5. The Labute approximate surface area is 155 Å². The van der Waals surface area contributed by atoms with Crippen molar-refractivity contribution < 1.29 is 14.3 Å². The van der Waals surface area contributed by atoms with Crippen molar-refractivity contribution in [2.45, 2.75) is 26.4 Å². The van der Waals surface area contributed by atoms with Crippen molar-refractivity contribution >= 4 is 28.3 Å². The number of ether oxygens (including phenoxy) is 1. The normalized spacial score (nSPS) is 11.8. The Morgan fingerprint density at radius 1 is 1.11 bits per heavy atom. The number of benzene rings is 2. The lowest BCUT2D eigenvalue weighted by atomic mass is 10.1. The molecule has 0 radical (unpaired) electrons. The van der Waals surface area contributed by atoms with Crippen LogP contribution in [0.5, 0.6) is 0 Å². The van der Waals surface area contributed by atoms with Crippen LogP contribution in [0.15, 0.2) is 53.3 Å². The summed E-state index contributed by atoms with van der Waals surface area (Å²) < 4.78 is 5.23. The van der Waals surface area contributed by atoms with E-state index in [0.29, 0.717) is 16.5 Å². The van der Waals surface area contributed by atoms with E-state index in [1.54, 1.807) is 36.4 Å². The third-order valence-electron chi connectivity index (χ3n) is 4.17. The SMILES string of the molecule is CCc1ccc(NC(=O)[C@@H](C)OC(=O)c2n[nH]c(=O)c3ccccc23)cc1. The molecule has 27 heavy (non-hydrogen) atoms. The average Bonchev–Trinajstić information content (AvgIpc) is 2.69. The number of carbonyl (C=O) groups excluding carboxylic acids is 2. The quantitative estimate of drug-likeness (QED) is 0.677. The van der Waals surface area contributed by atoms with E-state index >= 15 is 0 Å². The predicted molar refractivity (Wildman–Crippen MR) is 102 cm³/mol. The van der Waals surface area contributed by atoms with E-state index in [9.17, 15) is 14.4 Å². The second-order valence-electron chi connectivity index (χ2n) is 6.03. The van der Waals surface area contributed by atoms with Crippen molar-refractivity contribution in [3.8, 4) is 0 Å². The molecule has 0 bridgehead atoms. The van der Waals surface area contributed by atoms with Gasteiger partial charge in [-0.05, 0) is 37.1 Å². The molecule has 7 heteroatoms. The number of anilines is 1. The molecule has 0 unspecified atom stereocenters. The number of aromatic amines is 1. The standard InChI is InChI=1S/C20H19N3O4/c1-3-13-8-10-14(11-9-13)21-18(24)12(2)27-20(26)17-15-6-4-5-7-16(15)19(25)23-22-17/h4-12H,3H2,1-2H3,(H,21,24)(H,23,25)/t12-/m1/s1. The molecule has 1 amide bonds. The summed E-state index contributed by atoms with van der Waals surface area (Å²) in [6.07, 6.45) is -0.127. The minimum absolute atomic E-state index is 0.0443. The highest BCUT2D eigenvalue weighted by molar-refractivity contribution is 6.03. The van der Waals surface area contributed by atoms with Gasteiger partial charge in [0.25, 0.3) is 11.5 Å². The predicted octanol–water partition coefficient (Wildman–Crippen LogP) is 2.67. The summed E-state index contributed by atoms with van der Waals surface area (Å²) in [5, 5.41) is 9.45. The van der Waals surface area contributed by atoms with Crippen LogP contribution in [0.2, 0.25) is 0 Å². The molecule has 1 atom stereocenters. The average molecular weight is 365 g/mol. The van der Waals surface area contributed by atoms with Gasteiger partial charge in [-0.1, -0.05) is 37.3 Å². The number of fused-ring (bicyclic) bond motifs is 1. The molecule has 0 aliphatic heterocycles. The van der Waals surface area contributed by atoms with Crippen LogP contribution in [0.3, 0.4) is 0 Å². The highest BCUT2D eigenvalue weighted by atomic mass is 16.5. The number of nitrogens with one attached hydrogen (secondary N) is 2. The maximum atomic E-state index is 12.4. The summed E-state index contributed by atoms with van der Waals surface area (Å²) in [6, 6.07) is 14.0. The van der Waals surface area contributed by atoms with E-state index in [2.05, 4.69) is 15.5 Å². The van der Waals surface area contributed by atoms with Gasteiger partial charge in [0.2, 0.25) is 0 Å². The van der Waals surface area contributed by atoms with Gasteiger partial charge in [0.05, 0.1) is 5.39 Å². The van der Waals surface area contributed by atoms with Crippen LogP contribution >= 0.6 is 0 Å². The Bertz CT molecular complexity index is 1040. The molecule has 7 nitrogen and oxygen atoms in total. The maximum Gasteiger partial charge on any atom is 0.360 e. The van der Waals surface area contributed by atoms with Crippen LogP contribution in [-0.4, -0.2) is 28.2 Å². The van der Waals surface area contributed by atoms with E-state index in [0.717, 1.165) is 12.0 Å². The highest BCUT2D eigenvalue weighted by Gasteiger charge is 2.22. The van der Waals surface area contributed by atoms with Gasteiger partial charge in [0, 0.05) is 11.1 Å². The van der Waals surface area contributed by atoms with E-state index in [1.165, 1.54) is 6.92 Å². The van der Waals surface area contributed by atoms with E-state index in [-0.39, 0.29) is 5.69 Å². The lowest BCUT2D eigenvalue weighted by molar-refractivity contribution is -0.123. The molecule has 3 rings (SSSR count). The summed E-state index contributed by atoms with van der Waals surface area (Å²) in [5.41, 5.74) is 1.33. The van der Waals surface area contributed by atoms with Gasteiger partial charge in [0.1, 0.15) is 0 Å². The number of amides is 1. The molecule has 0 fully saturated rings. The van der Waals surface area contributed by atoms with Gasteiger partial charge in [-0.15, -0.1) is 0 Å². The number of hydrogen-bond donors (Lipinski definition) is 2. The fourth-order valence-electron chi connectivity index (χ4n) is 2.61. The molecule has 0 aliphatic carbocycles. The first-order valence-corrected chi connectivity index (χ1v) is 8.57. The summed E-state index contributed by atoms with van der Waals surface area (Å²) in [5.74, 6) is -1.24. The van der Waals surface area contributed by atoms with Crippen LogP contribution in [-0.2, 0) is 16.0 Å². The van der Waals surface area contributed by atoms with E-state index < -0.39 is 23.5 Å². The fraction of sp³-hybridized carbons (Fsp3) is 0.200. The first-order valence-electron chi connectivity index (χ1n) is 8.57. The third kappa shape index (κ3) is 4.03. The Kier molecular flexibility index (Phi) is 5.30. The summed E-state index contributed by atoms with van der Waals surface area (Å²) in [7, 11) is 0. The van der Waals surface area contributed by atoms with Crippen molar-refractivity contribution in [3.63, 3.8) is 0 Å². The molecule has 1 aromatic heterocycles. The van der Waals surface area contributed by atoms with Crippen molar-refractivity contribution in [1.82, 2.24) is 10.2 Å². The third-order valence-corrected chi connectivity index (χ3v) is 4.17. The number of rotatable bonds is 5. The van der Waals surface area contributed by atoms with Gasteiger partial charge in [-0.2, -0.15) is 5.10 Å². The molecule has 0 aliphatic rings. The Balaban J connectivity index is 1.72. The second kappa shape index (κ2) is 7.82. The number of esters is 1. The first kappa shape index (κ1) is 18.3. The number of nitrogens with zero attached hydrogens (tertiary/aromatic N) is 1. The lowest BCUT2D eigenvalue weighted by Crippen LogP contribution is -2.30. The van der Waals surface area contributed by atoms with Crippen molar-refractivity contribution in [2.24, 2.45) is 0 Å². The molecular weight excluding hydrogens is 346 g/mol. The highest BCUT2D eigenvalue weighted by Crippen LogP contribution is 2.15. The molecule has 0 saturated carbocycles. The molecule has 0 spiro atoms. The van der Waals surface area contributed by atoms with Gasteiger partial charge >= 0.3 is 5.97 Å². The Morgan fingerprint density at radius 3 is 2.44 bits per heavy atom. The first-order chi connectivity index (χ1) is 13.0.